The molecule has 2 aromatic heterocycles. The third kappa shape index (κ3) is 8.44. The highest BCUT2D eigenvalue weighted by Gasteiger charge is 2.51. The van der Waals surface area contributed by atoms with E-state index in [1.165, 1.54) is 16.4 Å². The second-order valence-corrected chi connectivity index (χ2v) is 23.3. The summed E-state index contributed by atoms with van der Waals surface area (Å²) in [4.78, 5) is 23.4. The average molecular weight is 811 g/mol. The first-order chi connectivity index (χ1) is 27.8. The first-order valence-corrected chi connectivity index (χ1v) is 22.8. The quantitative estimate of drug-likeness (QED) is 0.0980. The van der Waals surface area contributed by atoms with Crippen molar-refractivity contribution in [1.82, 2.24) is 19.6 Å². The third-order valence-electron chi connectivity index (χ3n) is 10.8. The molecule has 0 spiro atoms. The number of carbonyl (C=O) groups is 1. The predicted octanol–water partition coefficient (Wildman–Crippen LogP) is 9.17. The van der Waals surface area contributed by atoms with Gasteiger partial charge in [0, 0.05) is 59.2 Å². The standard InChI is InChI=1S/C48H51FN4O3SSi/c1-47(2,3)57(55)53-33-38-30-42(46(54)51-32-37-17-13-14-25-41(37)49)52-45(35-19-15-18-34(29-35)36-20-16-27-50-31-36)44(38)43(53)26-28-56-58(48(4,5)6,39-21-9-7-10-22-39)40-23-11-8-12-24-40/h7-25,27,29-31,43H,26,28,32-33H2,1-6H3,(H,51,54)/t43?,57-/m1/s1. The van der Waals surface area contributed by atoms with E-state index in [9.17, 15) is 13.7 Å². The largest absolute Gasteiger partial charge is 0.597 e. The fourth-order valence-electron chi connectivity index (χ4n) is 8.06. The second kappa shape index (κ2) is 17.1. The zero-order chi connectivity index (χ0) is 41.1. The van der Waals surface area contributed by atoms with E-state index in [0.717, 1.165) is 27.8 Å². The van der Waals surface area contributed by atoms with Crippen molar-refractivity contribution in [3.63, 3.8) is 0 Å². The molecule has 6 aromatic rings. The van der Waals surface area contributed by atoms with Crippen molar-refractivity contribution in [2.75, 3.05) is 6.61 Å². The van der Waals surface area contributed by atoms with Crippen LogP contribution in [0.2, 0.25) is 5.04 Å². The first kappa shape index (κ1) is 41.2. The number of carbonyl (C=O) groups excluding carboxylic acids is 1. The van der Waals surface area contributed by atoms with Crippen molar-refractivity contribution in [3.05, 3.63) is 168 Å². The Morgan fingerprint density at radius 2 is 1.48 bits per heavy atom. The summed E-state index contributed by atoms with van der Waals surface area (Å²) in [5, 5.41) is 5.05. The molecule has 1 aliphatic rings. The molecule has 7 rings (SSSR count). The van der Waals surface area contributed by atoms with Crippen LogP contribution in [0.3, 0.4) is 0 Å². The summed E-state index contributed by atoms with van der Waals surface area (Å²) in [5.74, 6) is -0.807. The minimum Gasteiger partial charge on any atom is -0.597 e. The van der Waals surface area contributed by atoms with E-state index in [2.05, 4.69) is 90.0 Å². The molecule has 1 unspecified atom stereocenters. The highest BCUT2D eigenvalue weighted by atomic mass is 32.2. The number of halogens is 1. The van der Waals surface area contributed by atoms with Crippen LogP contribution in [0, 0.1) is 5.82 Å². The molecule has 298 valence electrons. The Morgan fingerprint density at radius 3 is 2.10 bits per heavy atom. The normalized spacial score (nSPS) is 15.2. The SMILES string of the molecule is CC(C)(C)[S@@+]([O-])N1Cc2cc(C(=O)NCc3ccccc3F)nc(-c3cccc(-c4cccnc4)c3)c2C1CCO[Si](c1ccccc1)(c1ccccc1)C(C)(C)C. The number of hydrogen-bond donors (Lipinski definition) is 1. The van der Waals surface area contributed by atoms with Gasteiger partial charge < -0.3 is 14.3 Å². The van der Waals surface area contributed by atoms with Gasteiger partial charge in [-0.2, -0.15) is 0 Å². The van der Waals surface area contributed by atoms with Crippen LogP contribution in [0.15, 0.2) is 140 Å². The van der Waals surface area contributed by atoms with Gasteiger partial charge in [-0.15, -0.1) is 4.31 Å². The summed E-state index contributed by atoms with van der Waals surface area (Å²) < 4.78 is 38.0. The topological polar surface area (TPSA) is 90.4 Å². The predicted molar refractivity (Wildman–Crippen MR) is 235 cm³/mol. The maximum atomic E-state index is 14.6. The Bertz CT molecular complexity index is 2310. The highest BCUT2D eigenvalue weighted by Crippen LogP contribution is 2.46. The molecule has 10 heteroatoms. The molecular weight excluding hydrogens is 760 g/mol. The number of aromatic nitrogens is 2. The monoisotopic (exact) mass is 810 g/mol. The first-order valence-electron chi connectivity index (χ1n) is 19.8. The minimum absolute atomic E-state index is 0.0124. The van der Waals surface area contributed by atoms with Gasteiger partial charge in [0.15, 0.2) is 0 Å². The number of rotatable bonds is 12. The van der Waals surface area contributed by atoms with E-state index in [1.807, 2.05) is 75.5 Å². The van der Waals surface area contributed by atoms with Crippen molar-refractivity contribution in [3.8, 4) is 22.4 Å². The van der Waals surface area contributed by atoms with Gasteiger partial charge in [-0.05, 0) is 78.0 Å². The summed E-state index contributed by atoms with van der Waals surface area (Å²) in [7, 11) is -2.88. The molecule has 7 nitrogen and oxygen atoms in total. The molecule has 0 fully saturated rings. The molecular formula is C48H51FN4O3SSi. The van der Waals surface area contributed by atoms with Crippen LogP contribution >= 0.6 is 0 Å². The van der Waals surface area contributed by atoms with Crippen molar-refractivity contribution in [2.24, 2.45) is 0 Å². The highest BCUT2D eigenvalue weighted by molar-refractivity contribution is 7.90. The zero-order valence-electron chi connectivity index (χ0n) is 34.0. The molecule has 2 atom stereocenters. The van der Waals surface area contributed by atoms with Crippen molar-refractivity contribution < 1.29 is 18.2 Å². The maximum Gasteiger partial charge on any atom is 0.270 e. The van der Waals surface area contributed by atoms with Crippen LogP contribution in [-0.2, 0) is 28.9 Å². The van der Waals surface area contributed by atoms with E-state index in [1.54, 1.807) is 24.4 Å². The van der Waals surface area contributed by atoms with Gasteiger partial charge in [-0.1, -0.05) is 124 Å². The van der Waals surface area contributed by atoms with Crippen LogP contribution in [-0.4, -0.2) is 44.4 Å². The van der Waals surface area contributed by atoms with E-state index in [4.69, 9.17) is 9.41 Å². The number of amides is 1. The smallest absolute Gasteiger partial charge is 0.270 e. The van der Waals surface area contributed by atoms with E-state index >= 15 is 0 Å². The molecule has 1 N–H and O–H groups in total. The van der Waals surface area contributed by atoms with Gasteiger partial charge in [0.1, 0.15) is 16.3 Å². The summed E-state index contributed by atoms with van der Waals surface area (Å²) >= 11 is -1.42. The summed E-state index contributed by atoms with van der Waals surface area (Å²) in [6.45, 7) is 13.5. The lowest BCUT2D eigenvalue weighted by molar-refractivity contribution is 0.0945. The number of nitrogens with zero attached hydrogens (tertiary/aromatic N) is 3. The minimum atomic E-state index is -2.88. The molecule has 0 radical (unpaired) electrons. The lowest BCUT2D eigenvalue weighted by atomic mass is 9.94. The number of fused-ring (bicyclic) bond motifs is 1. The van der Waals surface area contributed by atoms with Gasteiger partial charge in [-0.3, -0.25) is 9.78 Å². The Morgan fingerprint density at radius 1 is 0.845 bits per heavy atom. The van der Waals surface area contributed by atoms with Gasteiger partial charge >= 0.3 is 0 Å². The molecule has 1 aliphatic heterocycles. The van der Waals surface area contributed by atoms with Crippen LogP contribution in [0.5, 0.6) is 0 Å². The van der Waals surface area contributed by atoms with Gasteiger partial charge in [0.05, 0.1) is 18.3 Å². The maximum absolute atomic E-state index is 14.6. The summed E-state index contributed by atoms with van der Waals surface area (Å²) in [6.07, 6.45) is 4.10. The fourth-order valence-corrected chi connectivity index (χ4v) is 14.0. The number of benzene rings is 4. The van der Waals surface area contributed by atoms with Crippen LogP contribution in [0.4, 0.5) is 4.39 Å². The fraction of sp³-hybridized carbons (Fsp3) is 0.271. The van der Waals surface area contributed by atoms with Crippen LogP contribution in [0.25, 0.3) is 22.4 Å². The Balaban J connectivity index is 1.33. The molecule has 58 heavy (non-hydrogen) atoms. The van der Waals surface area contributed by atoms with Crippen LogP contribution < -0.4 is 15.7 Å². The Hall–Kier alpha value is -4.97. The molecule has 0 bridgehead atoms. The van der Waals surface area contributed by atoms with E-state index < -0.39 is 30.3 Å². The molecule has 0 aliphatic carbocycles. The number of hydrogen-bond acceptors (Lipinski definition) is 6. The third-order valence-corrected chi connectivity index (χ3v) is 17.7. The zero-order valence-corrected chi connectivity index (χ0v) is 35.9. The lowest BCUT2D eigenvalue weighted by Crippen LogP contribution is -2.66. The number of nitrogens with one attached hydrogen (secondary N) is 1. The van der Waals surface area contributed by atoms with Crippen molar-refractivity contribution in [1.29, 1.82) is 0 Å². The van der Waals surface area contributed by atoms with E-state index in [-0.39, 0.29) is 29.1 Å². The lowest BCUT2D eigenvalue weighted by Gasteiger charge is -2.43. The Labute approximate surface area is 346 Å². The molecule has 0 saturated heterocycles. The average Bonchev–Trinajstić information content (AvgIpc) is 3.59. The molecule has 4 aromatic carbocycles. The van der Waals surface area contributed by atoms with Crippen molar-refractivity contribution in [2.45, 2.75) is 76.9 Å². The van der Waals surface area contributed by atoms with Crippen LogP contribution in [0.1, 0.15) is 81.2 Å². The molecule has 0 saturated carbocycles. The van der Waals surface area contributed by atoms with Gasteiger partial charge in [0.25, 0.3) is 14.2 Å². The molecule has 3 heterocycles. The van der Waals surface area contributed by atoms with Crippen molar-refractivity contribution >= 4 is 36.0 Å². The van der Waals surface area contributed by atoms with Gasteiger partial charge in [0.2, 0.25) is 0 Å². The second-order valence-electron chi connectivity index (χ2n) is 16.8. The summed E-state index contributed by atoms with van der Waals surface area (Å²) in [5.41, 5.74) is 5.77. The number of pyridine rings is 2. The summed E-state index contributed by atoms with van der Waals surface area (Å²) in [6, 6.07) is 41.0. The van der Waals surface area contributed by atoms with E-state index in [0.29, 0.717) is 30.8 Å². The van der Waals surface area contributed by atoms with Gasteiger partial charge in [-0.25, -0.2) is 9.37 Å². The Kier molecular flexibility index (Phi) is 12.1. The molecule has 1 amide bonds.